The maximum Gasteiger partial charge on any atom is 0.321 e. The zero-order chi connectivity index (χ0) is 18.6. The number of benzene rings is 1. The number of piperidine rings is 1. The van der Waals surface area contributed by atoms with Crippen molar-refractivity contribution in [3.63, 3.8) is 0 Å². The van der Waals surface area contributed by atoms with E-state index < -0.39 is 11.9 Å². The van der Waals surface area contributed by atoms with E-state index in [9.17, 15) is 19.5 Å². The third kappa shape index (κ3) is 4.71. The van der Waals surface area contributed by atoms with Crippen molar-refractivity contribution >= 4 is 23.6 Å². The van der Waals surface area contributed by atoms with Gasteiger partial charge in [-0.25, -0.2) is 4.79 Å². The first-order valence-electron chi connectivity index (χ1n) is 8.46. The van der Waals surface area contributed by atoms with Gasteiger partial charge in [-0.2, -0.15) is 0 Å². The lowest BCUT2D eigenvalue weighted by Gasteiger charge is -2.34. The predicted octanol–water partition coefficient (Wildman–Crippen LogP) is 2.35. The molecule has 0 saturated carbocycles. The number of carbonyl (C=O) groups excluding carboxylic acids is 2. The van der Waals surface area contributed by atoms with Gasteiger partial charge in [0.05, 0.1) is 5.92 Å². The van der Waals surface area contributed by atoms with Gasteiger partial charge in [-0.3, -0.25) is 9.59 Å². The molecule has 0 spiro atoms. The monoisotopic (exact) mass is 347 g/mol. The highest BCUT2D eigenvalue weighted by Gasteiger charge is 2.31. The third-order valence-electron chi connectivity index (χ3n) is 4.48. The average Bonchev–Trinajstić information content (AvgIpc) is 2.59. The maximum atomic E-state index is 12.5. The second-order valence-corrected chi connectivity index (χ2v) is 6.61. The Labute approximate surface area is 147 Å². The number of carboxylic acid groups (broad SMARTS) is 1. The normalized spacial score (nSPS) is 20.0. The Morgan fingerprint density at radius 3 is 2.68 bits per heavy atom. The van der Waals surface area contributed by atoms with Crippen LogP contribution in [-0.4, -0.2) is 59.5 Å². The number of hydrogen-bond donors (Lipinski definition) is 2. The number of nitrogens with one attached hydrogen (secondary N) is 1. The molecule has 7 heteroatoms. The van der Waals surface area contributed by atoms with E-state index in [4.69, 9.17) is 0 Å². The summed E-state index contributed by atoms with van der Waals surface area (Å²) in [5, 5.41) is 12.0. The van der Waals surface area contributed by atoms with E-state index in [-0.39, 0.29) is 24.4 Å². The smallest absolute Gasteiger partial charge is 0.321 e. The van der Waals surface area contributed by atoms with Gasteiger partial charge in [-0.15, -0.1) is 0 Å². The average molecular weight is 347 g/mol. The molecular weight excluding hydrogens is 322 g/mol. The fourth-order valence-corrected chi connectivity index (χ4v) is 2.99. The van der Waals surface area contributed by atoms with Crippen LogP contribution >= 0.6 is 0 Å². The van der Waals surface area contributed by atoms with Crippen LogP contribution in [-0.2, 0) is 4.79 Å². The van der Waals surface area contributed by atoms with Crippen molar-refractivity contribution in [3.05, 3.63) is 29.8 Å². The maximum absolute atomic E-state index is 12.5. The minimum absolute atomic E-state index is 0.115. The minimum atomic E-state index is -0.875. The molecule has 2 atom stereocenters. The molecule has 1 aromatic carbocycles. The first kappa shape index (κ1) is 18.8. The van der Waals surface area contributed by atoms with Gasteiger partial charge in [0.1, 0.15) is 0 Å². The summed E-state index contributed by atoms with van der Waals surface area (Å²) in [5.41, 5.74) is 1.02. The second kappa shape index (κ2) is 8.00. The van der Waals surface area contributed by atoms with E-state index in [1.165, 1.54) is 4.90 Å². The summed E-state index contributed by atoms with van der Waals surface area (Å²) in [4.78, 5) is 39.0. The Hall–Kier alpha value is -2.57. The van der Waals surface area contributed by atoms with Gasteiger partial charge in [0.15, 0.2) is 0 Å². The van der Waals surface area contributed by atoms with Crippen molar-refractivity contribution in [3.8, 4) is 0 Å². The number of amides is 3. The quantitative estimate of drug-likeness (QED) is 0.875. The van der Waals surface area contributed by atoms with E-state index in [2.05, 4.69) is 5.32 Å². The van der Waals surface area contributed by atoms with Gasteiger partial charge in [0.2, 0.25) is 0 Å². The molecule has 136 valence electrons. The summed E-state index contributed by atoms with van der Waals surface area (Å²) >= 11 is 0. The van der Waals surface area contributed by atoms with Gasteiger partial charge in [0, 0.05) is 37.9 Å². The summed E-state index contributed by atoms with van der Waals surface area (Å²) in [6.45, 7) is 5.14. The lowest BCUT2D eigenvalue weighted by molar-refractivity contribution is -0.143. The lowest BCUT2D eigenvalue weighted by Crippen LogP contribution is -2.47. The summed E-state index contributed by atoms with van der Waals surface area (Å²) < 4.78 is 0. The molecule has 0 aromatic heterocycles. The van der Waals surface area contributed by atoms with Crippen LogP contribution in [0.5, 0.6) is 0 Å². The summed E-state index contributed by atoms with van der Waals surface area (Å²) in [5.74, 6) is -1.40. The standard InChI is InChI=1S/C18H25N3O4/c1-4-20(3)16(22)13-6-5-7-15(9-13)19-18(25)21-10-12(2)8-14(11-21)17(23)24/h5-7,9,12,14H,4,8,10-11H2,1-3H3,(H,19,25)(H,23,24). The first-order chi connectivity index (χ1) is 11.8. The van der Waals surface area contributed by atoms with Crippen molar-refractivity contribution in [2.45, 2.75) is 20.3 Å². The molecule has 1 aliphatic heterocycles. The Bertz CT molecular complexity index is 661. The molecule has 0 radical (unpaired) electrons. The third-order valence-corrected chi connectivity index (χ3v) is 4.48. The van der Waals surface area contributed by atoms with Crippen molar-refractivity contribution in [2.24, 2.45) is 11.8 Å². The lowest BCUT2D eigenvalue weighted by atomic mass is 9.91. The van der Waals surface area contributed by atoms with E-state index in [1.807, 2.05) is 13.8 Å². The van der Waals surface area contributed by atoms with E-state index in [0.717, 1.165) is 0 Å². The SMILES string of the molecule is CCN(C)C(=O)c1cccc(NC(=O)N2CC(C)CC(C(=O)O)C2)c1. The Kier molecular flexibility index (Phi) is 6.01. The van der Waals surface area contributed by atoms with E-state index in [0.29, 0.717) is 30.8 Å². The highest BCUT2D eigenvalue weighted by molar-refractivity contribution is 5.96. The molecule has 1 aliphatic rings. The zero-order valence-electron chi connectivity index (χ0n) is 14.9. The van der Waals surface area contributed by atoms with Crippen molar-refractivity contribution < 1.29 is 19.5 Å². The van der Waals surface area contributed by atoms with Crippen molar-refractivity contribution in [1.82, 2.24) is 9.80 Å². The van der Waals surface area contributed by atoms with Crippen LogP contribution in [0.25, 0.3) is 0 Å². The molecule has 1 fully saturated rings. The van der Waals surface area contributed by atoms with E-state index in [1.54, 1.807) is 36.2 Å². The Morgan fingerprint density at radius 2 is 2.04 bits per heavy atom. The van der Waals surface area contributed by atoms with Crippen LogP contribution < -0.4 is 5.32 Å². The molecule has 1 aromatic rings. The molecule has 0 aliphatic carbocycles. The molecule has 1 saturated heterocycles. The van der Waals surface area contributed by atoms with E-state index >= 15 is 0 Å². The van der Waals surface area contributed by atoms with Gasteiger partial charge < -0.3 is 20.2 Å². The summed E-state index contributed by atoms with van der Waals surface area (Å²) in [6, 6.07) is 6.42. The number of nitrogens with zero attached hydrogens (tertiary/aromatic N) is 2. The van der Waals surface area contributed by atoms with Crippen molar-refractivity contribution in [2.75, 3.05) is 32.0 Å². The second-order valence-electron chi connectivity index (χ2n) is 6.61. The van der Waals surface area contributed by atoms with Gasteiger partial charge in [-0.05, 0) is 37.5 Å². The van der Waals surface area contributed by atoms with Crippen LogP contribution in [0.2, 0.25) is 0 Å². The summed E-state index contributed by atoms with van der Waals surface area (Å²) in [7, 11) is 1.72. The molecule has 2 rings (SSSR count). The molecule has 0 bridgehead atoms. The van der Waals surface area contributed by atoms with Gasteiger partial charge in [0.25, 0.3) is 5.91 Å². The minimum Gasteiger partial charge on any atom is -0.481 e. The fourth-order valence-electron chi connectivity index (χ4n) is 2.99. The van der Waals surface area contributed by atoms with Crippen LogP contribution in [0.1, 0.15) is 30.6 Å². The predicted molar refractivity (Wildman–Crippen MR) is 94.6 cm³/mol. The number of carbonyl (C=O) groups is 3. The summed E-state index contributed by atoms with van der Waals surface area (Å²) in [6.07, 6.45) is 0.576. The van der Waals surface area contributed by atoms with Gasteiger partial charge in [-0.1, -0.05) is 13.0 Å². The highest BCUT2D eigenvalue weighted by atomic mass is 16.4. The molecular formula is C18H25N3O4. The van der Waals surface area contributed by atoms with Crippen LogP contribution in [0.3, 0.4) is 0 Å². The number of aliphatic carboxylic acids is 1. The number of rotatable bonds is 4. The number of anilines is 1. The number of carboxylic acids is 1. The fraction of sp³-hybridized carbons (Fsp3) is 0.500. The van der Waals surface area contributed by atoms with Crippen LogP contribution in [0.15, 0.2) is 24.3 Å². The van der Waals surface area contributed by atoms with Crippen molar-refractivity contribution in [1.29, 1.82) is 0 Å². The largest absolute Gasteiger partial charge is 0.481 e. The first-order valence-corrected chi connectivity index (χ1v) is 8.46. The molecule has 3 amide bonds. The number of likely N-dealkylation sites (tertiary alicyclic amines) is 1. The number of hydrogen-bond acceptors (Lipinski definition) is 3. The molecule has 2 unspecified atom stereocenters. The van der Waals surface area contributed by atoms with Crippen LogP contribution in [0.4, 0.5) is 10.5 Å². The zero-order valence-corrected chi connectivity index (χ0v) is 14.9. The molecule has 1 heterocycles. The Morgan fingerprint density at radius 1 is 1.32 bits per heavy atom. The topological polar surface area (TPSA) is 90.0 Å². The Balaban J connectivity index is 2.07. The number of urea groups is 1. The van der Waals surface area contributed by atoms with Gasteiger partial charge >= 0.3 is 12.0 Å². The van der Waals surface area contributed by atoms with Crippen LogP contribution in [0, 0.1) is 11.8 Å². The molecule has 2 N–H and O–H groups in total. The highest BCUT2D eigenvalue weighted by Crippen LogP contribution is 2.23. The molecule has 25 heavy (non-hydrogen) atoms. The molecule has 7 nitrogen and oxygen atoms in total.